The number of likely N-dealkylation sites (tertiary alicyclic amines) is 1. The first kappa shape index (κ1) is 23.2. The van der Waals surface area contributed by atoms with Gasteiger partial charge in [0.15, 0.2) is 5.65 Å². The van der Waals surface area contributed by atoms with E-state index in [2.05, 4.69) is 26.8 Å². The molecule has 2 N–H and O–H groups in total. The second kappa shape index (κ2) is 11.3. The third-order valence-corrected chi connectivity index (χ3v) is 6.05. The van der Waals surface area contributed by atoms with Crippen molar-refractivity contribution in [1.82, 2.24) is 24.4 Å². The Hall–Kier alpha value is -2.42. The van der Waals surface area contributed by atoms with Crippen LogP contribution in [0.15, 0.2) is 4.79 Å². The van der Waals surface area contributed by atoms with Crippen molar-refractivity contribution in [3.8, 4) is 6.01 Å². The van der Waals surface area contributed by atoms with E-state index in [1.54, 1.807) is 4.57 Å². The van der Waals surface area contributed by atoms with E-state index in [4.69, 9.17) is 9.84 Å². The number of unbranched alkanes of at least 4 members (excludes halogenated alkanes) is 4. The number of nitrogens with one attached hydrogen (secondary N) is 1. The van der Waals surface area contributed by atoms with Gasteiger partial charge in [0.1, 0.15) is 5.52 Å². The lowest BCUT2D eigenvalue weighted by molar-refractivity contribution is -0.143. The van der Waals surface area contributed by atoms with Gasteiger partial charge in [-0.3, -0.25) is 9.36 Å². The van der Waals surface area contributed by atoms with Crippen molar-refractivity contribution in [2.45, 2.75) is 71.8 Å². The van der Waals surface area contributed by atoms with Crippen LogP contribution in [0.5, 0.6) is 6.01 Å². The molecule has 0 atom stereocenters. The Morgan fingerprint density at radius 3 is 2.52 bits per heavy atom. The van der Waals surface area contributed by atoms with Crippen LogP contribution in [0.4, 0.5) is 0 Å². The molecule has 172 valence electrons. The molecule has 0 spiro atoms. The quantitative estimate of drug-likeness (QED) is 0.495. The summed E-state index contributed by atoms with van der Waals surface area (Å²) in [6, 6.07) is 0.331. The Morgan fingerprint density at radius 2 is 1.84 bits per heavy atom. The predicted molar refractivity (Wildman–Crippen MR) is 119 cm³/mol. The number of rotatable bonds is 12. The molecular formula is C22H35N5O4. The van der Waals surface area contributed by atoms with E-state index in [0.29, 0.717) is 30.3 Å². The van der Waals surface area contributed by atoms with E-state index in [-0.39, 0.29) is 11.6 Å². The van der Waals surface area contributed by atoms with Gasteiger partial charge in [0.25, 0.3) is 0 Å². The minimum atomic E-state index is -0.660. The van der Waals surface area contributed by atoms with Crippen LogP contribution < -0.4 is 10.4 Å². The number of imidazole rings is 1. The highest BCUT2D eigenvalue weighted by atomic mass is 16.5. The normalized spacial score (nSPS) is 15.5. The summed E-state index contributed by atoms with van der Waals surface area (Å²) in [6.45, 7) is 7.93. The van der Waals surface area contributed by atoms with Crippen LogP contribution in [0, 0.1) is 12.8 Å². The topological polar surface area (TPSA) is 113 Å². The monoisotopic (exact) mass is 433 g/mol. The van der Waals surface area contributed by atoms with Crippen LogP contribution in [-0.2, 0) is 11.3 Å². The summed E-state index contributed by atoms with van der Waals surface area (Å²) < 4.78 is 7.33. The van der Waals surface area contributed by atoms with Crippen molar-refractivity contribution < 1.29 is 14.6 Å². The molecule has 1 saturated heterocycles. The van der Waals surface area contributed by atoms with Gasteiger partial charge < -0.3 is 19.7 Å². The Balaban J connectivity index is 1.45. The van der Waals surface area contributed by atoms with Gasteiger partial charge in [0.2, 0.25) is 0 Å². The average molecular weight is 434 g/mol. The first-order chi connectivity index (χ1) is 15.0. The maximum absolute atomic E-state index is 12.4. The van der Waals surface area contributed by atoms with Gasteiger partial charge in [-0.05, 0) is 58.7 Å². The first-order valence-corrected chi connectivity index (χ1v) is 11.5. The molecule has 2 aromatic rings. The van der Waals surface area contributed by atoms with E-state index in [0.717, 1.165) is 76.7 Å². The number of nitrogens with zero attached hydrogens (tertiary/aromatic N) is 4. The fraction of sp³-hybridized carbons (Fsp3) is 0.727. The maximum Gasteiger partial charge on any atom is 0.327 e. The largest absolute Gasteiger partial charge is 0.481 e. The molecule has 2 aromatic heterocycles. The number of ether oxygens (including phenoxy) is 1. The summed E-state index contributed by atoms with van der Waals surface area (Å²) in [4.78, 5) is 37.5. The number of piperidine rings is 1. The Morgan fingerprint density at radius 1 is 1.13 bits per heavy atom. The number of aromatic nitrogens is 4. The number of carboxylic acids is 1. The number of aryl methyl sites for hydroxylation is 2. The highest BCUT2D eigenvalue weighted by molar-refractivity contribution is 5.73. The Labute approximate surface area is 182 Å². The zero-order valence-electron chi connectivity index (χ0n) is 18.7. The molecular weight excluding hydrogens is 398 g/mol. The van der Waals surface area contributed by atoms with Gasteiger partial charge >= 0.3 is 17.7 Å². The molecule has 1 fully saturated rings. The summed E-state index contributed by atoms with van der Waals surface area (Å²) in [5.74, 6) is -0.831. The molecule has 0 unspecified atom stereocenters. The lowest BCUT2D eigenvalue weighted by Gasteiger charge is -2.29. The van der Waals surface area contributed by atoms with Gasteiger partial charge in [-0.15, -0.1) is 0 Å². The summed E-state index contributed by atoms with van der Waals surface area (Å²) in [7, 11) is 0. The van der Waals surface area contributed by atoms with E-state index in [1.807, 2.05) is 6.92 Å². The molecule has 0 amide bonds. The summed E-state index contributed by atoms with van der Waals surface area (Å²) in [5, 5.41) is 9.08. The minimum absolute atomic E-state index is 0.153. The predicted octanol–water partition coefficient (Wildman–Crippen LogP) is 2.96. The molecule has 0 aliphatic carbocycles. The molecule has 0 saturated carbocycles. The highest BCUT2D eigenvalue weighted by Crippen LogP contribution is 2.18. The van der Waals surface area contributed by atoms with Crippen LogP contribution in [0.25, 0.3) is 11.2 Å². The standard InChI is InChI=1S/C22H35N5O4/c1-3-4-15-31-21-23-16(2)18-19(25-21)27(22(30)24-18)12-8-6-5-7-11-26-13-9-17(10-14-26)20(28)29/h17H,3-15H2,1-2H3,(H,24,30)(H,28,29). The van der Waals surface area contributed by atoms with Crippen LogP contribution in [0.2, 0.25) is 0 Å². The summed E-state index contributed by atoms with van der Waals surface area (Å²) >= 11 is 0. The fourth-order valence-electron chi connectivity index (χ4n) is 4.09. The van der Waals surface area contributed by atoms with E-state index in [9.17, 15) is 9.59 Å². The van der Waals surface area contributed by atoms with Crippen LogP contribution >= 0.6 is 0 Å². The average Bonchev–Trinajstić information content (AvgIpc) is 3.07. The third kappa shape index (κ3) is 6.29. The lowest BCUT2D eigenvalue weighted by atomic mass is 9.97. The molecule has 3 rings (SSSR count). The number of hydrogen-bond donors (Lipinski definition) is 2. The van der Waals surface area contributed by atoms with Crippen molar-refractivity contribution in [3.63, 3.8) is 0 Å². The number of aromatic amines is 1. The number of carbonyl (C=O) groups is 1. The number of aliphatic carboxylic acids is 1. The van der Waals surface area contributed by atoms with Gasteiger partial charge in [-0.2, -0.15) is 9.97 Å². The molecule has 0 radical (unpaired) electrons. The maximum atomic E-state index is 12.4. The SMILES string of the molecule is CCCCOc1nc(C)c2[nH]c(=O)n(CCCCCCN3CCC(C(=O)O)CC3)c2n1. The van der Waals surface area contributed by atoms with Crippen molar-refractivity contribution in [3.05, 3.63) is 16.2 Å². The van der Waals surface area contributed by atoms with Gasteiger partial charge in [0, 0.05) is 6.54 Å². The molecule has 1 aliphatic rings. The second-order valence-electron chi connectivity index (χ2n) is 8.44. The van der Waals surface area contributed by atoms with Crippen LogP contribution in [0.3, 0.4) is 0 Å². The molecule has 9 heteroatoms. The molecule has 0 aromatic carbocycles. The second-order valence-corrected chi connectivity index (χ2v) is 8.44. The summed E-state index contributed by atoms with van der Waals surface area (Å²) in [6.07, 6.45) is 7.62. The van der Waals surface area contributed by atoms with Crippen LogP contribution in [-0.4, -0.2) is 61.7 Å². The molecule has 0 bridgehead atoms. The Kier molecular flexibility index (Phi) is 8.45. The molecule has 1 aliphatic heterocycles. The first-order valence-electron chi connectivity index (χ1n) is 11.5. The minimum Gasteiger partial charge on any atom is -0.481 e. The van der Waals surface area contributed by atoms with Crippen molar-refractivity contribution in [1.29, 1.82) is 0 Å². The fourth-order valence-corrected chi connectivity index (χ4v) is 4.09. The van der Waals surface area contributed by atoms with E-state index >= 15 is 0 Å². The zero-order chi connectivity index (χ0) is 22.2. The number of fused-ring (bicyclic) bond motifs is 1. The van der Waals surface area contributed by atoms with Crippen molar-refractivity contribution in [2.24, 2.45) is 5.92 Å². The van der Waals surface area contributed by atoms with Gasteiger partial charge in [-0.1, -0.05) is 26.2 Å². The number of carboxylic acid groups (broad SMARTS) is 1. The smallest absolute Gasteiger partial charge is 0.327 e. The van der Waals surface area contributed by atoms with Crippen molar-refractivity contribution >= 4 is 17.1 Å². The molecule has 3 heterocycles. The third-order valence-electron chi connectivity index (χ3n) is 6.05. The highest BCUT2D eigenvalue weighted by Gasteiger charge is 2.23. The molecule has 9 nitrogen and oxygen atoms in total. The van der Waals surface area contributed by atoms with Gasteiger partial charge in [-0.25, -0.2) is 4.79 Å². The molecule has 31 heavy (non-hydrogen) atoms. The summed E-state index contributed by atoms with van der Waals surface area (Å²) in [5.41, 5.74) is 1.86. The number of H-pyrrole nitrogens is 1. The van der Waals surface area contributed by atoms with E-state index in [1.165, 1.54) is 0 Å². The van der Waals surface area contributed by atoms with E-state index < -0.39 is 5.97 Å². The zero-order valence-corrected chi connectivity index (χ0v) is 18.7. The van der Waals surface area contributed by atoms with Crippen molar-refractivity contribution in [2.75, 3.05) is 26.2 Å². The van der Waals surface area contributed by atoms with Gasteiger partial charge in [0.05, 0.1) is 18.2 Å². The van der Waals surface area contributed by atoms with Crippen LogP contribution in [0.1, 0.15) is 64.0 Å². The Bertz CT molecular complexity index is 914. The number of hydrogen-bond acceptors (Lipinski definition) is 6. The lowest BCUT2D eigenvalue weighted by Crippen LogP contribution is -2.36.